The van der Waals surface area contributed by atoms with Crippen LogP contribution >= 0.6 is 11.6 Å². The molecule has 6 nitrogen and oxygen atoms in total. The van der Waals surface area contributed by atoms with Gasteiger partial charge in [0.1, 0.15) is 0 Å². The van der Waals surface area contributed by atoms with Crippen LogP contribution in [0.5, 0.6) is 11.5 Å². The van der Waals surface area contributed by atoms with Gasteiger partial charge in [-0.3, -0.25) is 9.59 Å². The van der Waals surface area contributed by atoms with Crippen LogP contribution in [-0.2, 0) is 4.79 Å². The lowest BCUT2D eigenvalue weighted by molar-refractivity contribution is -0.137. The third-order valence-corrected chi connectivity index (χ3v) is 3.23. The number of benzene rings is 1. The lowest BCUT2D eigenvalue weighted by Gasteiger charge is -2.21. The molecule has 0 fully saturated rings. The molecule has 0 saturated heterocycles. The first-order valence-electron chi connectivity index (χ1n) is 6.37. The first-order valence-corrected chi connectivity index (χ1v) is 6.74. The van der Waals surface area contributed by atoms with Crippen LogP contribution in [0.2, 0.25) is 5.02 Å². The average molecular weight is 316 g/mol. The van der Waals surface area contributed by atoms with E-state index in [2.05, 4.69) is 0 Å². The number of hydrogen-bond acceptors (Lipinski definition) is 4. The molecule has 0 aliphatic carbocycles. The number of methoxy groups -OCH3 is 2. The number of nitrogens with zero attached hydrogens (tertiary/aromatic N) is 1. The van der Waals surface area contributed by atoms with Crippen molar-refractivity contribution in [3.05, 3.63) is 22.7 Å². The Morgan fingerprint density at radius 3 is 2.43 bits per heavy atom. The minimum Gasteiger partial charge on any atom is -0.493 e. The van der Waals surface area contributed by atoms with E-state index in [0.29, 0.717) is 23.6 Å². The van der Waals surface area contributed by atoms with E-state index in [1.807, 2.05) is 0 Å². The van der Waals surface area contributed by atoms with Crippen molar-refractivity contribution in [2.45, 2.75) is 13.3 Å². The van der Waals surface area contributed by atoms with E-state index in [-0.39, 0.29) is 23.9 Å². The highest BCUT2D eigenvalue weighted by Gasteiger charge is 2.19. The number of amides is 1. The zero-order valence-electron chi connectivity index (χ0n) is 12.2. The van der Waals surface area contributed by atoms with Crippen molar-refractivity contribution in [1.82, 2.24) is 4.90 Å². The number of carbonyl (C=O) groups is 2. The number of carbonyl (C=O) groups excluding carboxylic acids is 1. The normalized spacial score (nSPS) is 10.1. The molecule has 0 bridgehead atoms. The first kappa shape index (κ1) is 17.1. The van der Waals surface area contributed by atoms with Crippen molar-refractivity contribution < 1.29 is 24.2 Å². The number of ether oxygens (including phenoxy) is 2. The SMILES string of the molecule is CCN(CCC(=O)O)C(=O)c1cc(Cl)c(OC)c(OC)c1. The van der Waals surface area contributed by atoms with Gasteiger partial charge in [0.15, 0.2) is 11.5 Å². The van der Waals surface area contributed by atoms with Crippen LogP contribution in [0.1, 0.15) is 23.7 Å². The lowest BCUT2D eigenvalue weighted by Crippen LogP contribution is -2.32. The second-order valence-corrected chi connectivity index (χ2v) is 4.63. The molecule has 0 aliphatic rings. The summed E-state index contributed by atoms with van der Waals surface area (Å²) in [6.07, 6.45) is -0.111. The fraction of sp³-hybridized carbons (Fsp3) is 0.429. The number of carboxylic acids is 1. The predicted octanol–water partition coefficient (Wildman–Crippen LogP) is 2.29. The maximum absolute atomic E-state index is 12.4. The van der Waals surface area contributed by atoms with Crippen LogP contribution in [-0.4, -0.2) is 49.2 Å². The summed E-state index contributed by atoms with van der Waals surface area (Å²) >= 11 is 6.06. The fourth-order valence-corrected chi connectivity index (χ4v) is 2.15. The van der Waals surface area contributed by atoms with Crippen LogP contribution < -0.4 is 9.47 Å². The van der Waals surface area contributed by atoms with Crippen LogP contribution in [0.15, 0.2) is 12.1 Å². The van der Waals surface area contributed by atoms with E-state index < -0.39 is 5.97 Å². The molecule has 0 aliphatic heterocycles. The summed E-state index contributed by atoms with van der Waals surface area (Å²) in [5.41, 5.74) is 0.324. The predicted molar refractivity (Wildman–Crippen MR) is 78.4 cm³/mol. The smallest absolute Gasteiger partial charge is 0.305 e. The Kier molecular flexibility index (Phi) is 6.30. The van der Waals surface area contributed by atoms with Gasteiger partial charge in [-0.15, -0.1) is 0 Å². The number of carboxylic acid groups (broad SMARTS) is 1. The van der Waals surface area contributed by atoms with Crippen LogP contribution in [0.4, 0.5) is 0 Å². The van der Waals surface area contributed by atoms with Crippen molar-refractivity contribution in [3.8, 4) is 11.5 Å². The van der Waals surface area contributed by atoms with Gasteiger partial charge in [-0.1, -0.05) is 11.6 Å². The summed E-state index contributed by atoms with van der Waals surface area (Å²) in [7, 11) is 2.90. The molecule has 1 aromatic rings. The topological polar surface area (TPSA) is 76.1 Å². The molecule has 0 unspecified atom stereocenters. The Bertz CT molecular complexity index is 532. The maximum Gasteiger partial charge on any atom is 0.305 e. The van der Waals surface area contributed by atoms with Crippen molar-refractivity contribution in [2.75, 3.05) is 27.3 Å². The van der Waals surface area contributed by atoms with E-state index >= 15 is 0 Å². The van der Waals surface area contributed by atoms with Gasteiger partial charge in [0.25, 0.3) is 5.91 Å². The zero-order chi connectivity index (χ0) is 16.0. The highest BCUT2D eigenvalue weighted by molar-refractivity contribution is 6.32. The zero-order valence-corrected chi connectivity index (χ0v) is 12.9. The molecule has 21 heavy (non-hydrogen) atoms. The highest BCUT2D eigenvalue weighted by Crippen LogP contribution is 2.36. The fourth-order valence-electron chi connectivity index (χ4n) is 1.86. The summed E-state index contributed by atoms with van der Waals surface area (Å²) in [6.45, 7) is 2.32. The van der Waals surface area contributed by atoms with E-state index in [1.54, 1.807) is 6.92 Å². The van der Waals surface area contributed by atoms with Crippen molar-refractivity contribution >= 4 is 23.5 Å². The Morgan fingerprint density at radius 1 is 1.29 bits per heavy atom. The average Bonchev–Trinajstić information content (AvgIpc) is 2.46. The maximum atomic E-state index is 12.4. The number of halogens is 1. The number of aliphatic carboxylic acids is 1. The largest absolute Gasteiger partial charge is 0.493 e. The van der Waals surface area contributed by atoms with Gasteiger partial charge in [0, 0.05) is 18.7 Å². The molecule has 0 saturated carbocycles. The Hall–Kier alpha value is -1.95. The molecule has 0 radical (unpaired) electrons. The molecular weight excluding hydrogens is 298 g/mol. The summed E-state index contributed by atoms with van der Waals surface area (Å²) in [6, 6.07) is 3.01. The standard InChI is InChI=1S/C14H18ClNO5/c1-4-16(6-5-12(17)18)14(19)9-7-10(15)13(21-3)11(8-9)20-2/h7-8H,4-6H2,1-3H3,(H,17,18). The van der Waals surface area contributed by atoms with E-state index in [4.69, 9.17) is 26.2 Å². The molecule has 0 spiro atoms. The molecule has 0 atom stereocenters. The minimum absolute atomic E-state index is 0.111. The van der Waals surface area contributed by atoms with Crippen LogP contribution in [0.3, 0.4) is 0 Å². The highest BCUT2D eigenvalue weighted by atomic mass is 35.5. The molecule has 7 heteroatoms. The molecule has 1 N–H and O–H groups in total. The number of rotatable bonds is 7. The van der Waals surface area contributed by atoms with Gasteiger partial charge >= 0.3 is 5.97 Å². The Morgan fingerprint density at radius 2 is 1.95 bits per heavy atom. The molecule has 0 aromatic heterocycles. The lowest BCUT2D eigenvalue weighted by atomic mass is 10.1. The molecule has 1 aromatic carbocycles. The molecule has 116 valence electrons. The summed E-state index contributed by atoms with van der Waals surface area (Å²) in [5, 5.41) is 8.97. The first-order chi connectivity index (χ1) is 9.94. The molecule has 1 amide bonds. The van der Waals surface area contributed by atoms with Crippen molar-refractivity contribution in [3.63, 3.8) is 0 Å². The van der Waals surface area contributed by atoms with Gasteiger partial charge in [-0.25, -0.2) is 0 Å². The summed E-state index contributed by atoms with van der Waals surface area (Å²) in [5.74, 6) is -0.555. The van der Waals surface area contributed by atoms with Gasteiger partial charge in [0.05, 0.1) is 25.7 Å². The van der Waals surface area contributed by atoms with Crippen LogP contribution in [0.25, 0.3) is 0 Å². The third-order valence-electron chi connectivity index (χ3n) is 2.95. The van der Waals surface area contributed by atoms with Crippen LogP contribution in [0, 0.1) is 0 Å². The third kappa shape index (κ3) is 4.26. The second kappa shape index (κ2) is 7.73. The van der Waals surface area contributed by atoms with Crippen molar-refractivity contribution in [1.29, 1.82) is 0 Å². The minimum atomic E-state index is -0.952. The van der Waals surface area contributed by atoms with Gasteiger partial charge in [0.2, 0.25) is 0 Å². The van der Waals surface area contributed by atoms with E-state index in [0.717, 1.165) is 0 Å². The quantitative estimate of drug-likeness (QED) is 0.835. The summed E-state index contributed by atoms with van der Waals surface area (Å²) in [4.78, 5) is 24.4. The van der Waals surface area contributed by atoms with Gasteiger partial charge in [-0.2, -0.15) is 0 Å². The molecule has 0 heterocycles. The molecule has 1 rings (SSSR count). The molecular formula is C14H18ClNO5. The Balaban J connectivity index is 3.05. The van der Waals surface area contributed by atoms with E-state index in [9.17, 15) is 9.59 Å². The van der Waals surface area contributed by atoms with Gasteiger partial charge < -0.3 is 19.5 Å². The summed E-state index contributed by atoms with van der Waals surface area (Å²) < 4.78 is 10.3. The van der Waals surface area contributed by atoms with E-state index in [1.165, 1.54) is 31.3 Å². The monoisotopic (exact) mass is 315 g/mol. The van der Waals surface area contributed by atoms with Gasteiger partial charge in [-0.05, 0) is 19.1 Å². The van der Waals surface area contributed by atoms with Crippen molar-refractivity contribution in [2.24, 2.45) is 0 Å². The Labute approximate surface area is 128 Å². The second-order valence-electron chi connectivity index (χ2n) is 4.22. The number of hydrogen-bond donors (Lipinski definition) is 1.